The highest BCUT2D eigenvalue weighted by molar-refractivity contribution is 7.92. The van der Waals surface area contributed by atoms with Crippen molar-refractivity contribution < 1.29 is 17.2 Å². The van der Waals surface area contributed by atoms with Gasteiger partial charge in [-0.25, -0.2) is 22.2 Å². The number of rotatable bonds is 7. The number of hydrogen-bond donors (Lipinski definition) is 2. The molecule has 41 heavy (non-hydrogen) atoms. The maximum atomic E-state index is 14.1. The molecule has 0 saturated carbocycles. The van der Waals surface area contributed by atoms with Crippen molar-refractivity contribution in [3.63, 3.8) is 0 Å². The van der Waals surface area contributed by atoms with Gasteiger partial charge in [-0.2, -0.15) is 5.10 Å². The Kier molecular flexibility index (Phi) is 7.05. The van der Waals surface area contributed by atoms with Crippen molar-refractivity contribution in [3.8, 4) is 11.1 Å². The van der Waals surface area contributed by atoms with Crippen molar-refractivity contribution in [1.82, 2.24) is 30.0 Å². The molecule has 2 aromatic carbocycles. The minimum absolute atomic E-state index is 0.166. The summed E-state index contributed by atoms with van der Waals surface area (Å²) in [7, 11) is -4.19. The van der Waals surface area contributed by atoms with E-state index in [1.807, 2.05) is 30.6 Å². The number of nitrogens with zero attached hydrogens (tertiary/aromatic N) is 6. The molecule has 1 aliphatic heterocycles. The lowest BCUT2D eigenvalue weighted by molar-refractivity contribution is 0.198. The Morgan fingerprint density at radius 3 is 2.51 bits per heavy atom. The summed E-state index contributed by atoms with van der Waals surface area (Å²) in [6, 6.07) is 9.78. The van der Waals surface area contributed by atoms with Crippen LogP contribution in [0.4, 0.5) is 20.3 Å². The minimum Gasteiger partial charge on any atom is -0.353 e. The Morgan fingerprint density at radius 1 is 0.927 bits per heavy atom. The molecule has 13 heteroatoms. The first-order valence-corrected chi connectivity index (χ1v) is 14.4. The molecule has 1 aliphatic rings. The maximum absolute atomic E-state index is 14.1. The number of anilines is 2. The van der Waals surface area contributed by atoms with Crippen LogP contribution in [0.15, 0.2) is 78.3 Å². The highest BCUT2D eigenvalue weighted by Gasteiger charge is 2.24. The third kappa shape index (κ3) is 5.58. The Labute approximate surface area is 235 Å². The quantitative estimate of drug-likeness (QED) is 0.293. The van der Waals surface area contributed by atoms with Crippen LogP contribution in [0.1, 0.15) is 18.5 Å². The summed E-state index contributed by atoms with van der Waals surface area (Å²) in [5.74, 6) is -1.06. The zero-order chi connectivity index (χ0) is 28.6. The lowest BCUT2D eigenvalue weighted by Gasteiger charge is -2.38. The molecule has 1 atom stereocenters. The molecular formula is C28H26F2N8O2S. The van der Waals surface area contributed by atoms with Gasteiger partial charge >= 0.3 is 0 Å². The Hall–Kier alpha value is -4.49. The third-order valence-electron chi connectivity index (χ3n) is 7.25. The van der Waals surface area contributed by atoms with Crippen molar-refractivity contribution in [2.75, 3.05) is 35.8 Å². The van der Waals surface area contributed by atoms with Gasteiger partial charge in [-0.15, -0.1) is 0 Å². The minimum atomic E-state index is -4.19. The number of H-pyrrole nitrogens is 1. The SMILES string of the molecule is CC(c1cn[nH]c1)N1CCN(c2cnc3ccc(-c4cncc(S(=O)(=O)Nc5ccc(F)cc5F)c4)cc3n2)CC1. The van der Waals surface area contributed by atoms with E-state index in [0.717, 1.165) is 49.7 Å². The number of benzene rings is 2. The number of piperazine rings is 1. The Morgan fingerprint density at radius 2 is 1.76 bits per heavy atom. The molecule has 5 aromatic rings. The van der Waals surface area contributed by atoms with Crippen LogP contribution in [0.5, 0.6) is 0 Å². The summed E-state index contributed by atoms with van der Waals surface area (Å²) < 4.78 is 55.3. The zero-order valence-electron chi connectivity index (χ0n) is 22.0. The second-order valence-corrected chi connectivity index (χ2v) is 11.5. The van der Waals surface area contributed by atoms with E-state index in [1.165, 1.54) is 18.5 Å². The van der Waals surface area contributed by atoms with Crippen LogP contribution in [0.2, 0.25) is 0 Å². The van der Waals surface area contributed by atoms with E-state index < -0.39 is 21.7 Å². The Balaban J connectivity index is 1.21. The summed E-state index contributed by atoms with van der Waals surface area (Å²) in [4.78, 5) is 18.0. The first-order chi connectivity index (χ1) is 19.8. The maximum Gasteiger partial charge on any atom is 0.263 e. The summed E-state index contributed by atoms with van der Waals surface area (Å²) >= 11 is 0. The van der Waals surface area contributed by atoms with Gasteiger partial charge in [0.1, 0.15) is 22.3 Å². The van der Waals surface area contributed by atoms with E-state index in [1.54, 1.807) is 6.20 Å². The van der Waals surface area contributed by atoms with Crippen LogP contribution < -0.4 is 9.62 Å². The second-order valence-electron chi connectivity index (χ2n) is 9.80. The fourth-order valence-corrected chi connectivity index (χ4v) is 5.93. The number of aromatic amines is 1. The number of fused-ring (bicyclic) bond motifs is 1. The number of nitrogens with one attached hydrogen (secondary N) is 2. The number of hydrogen-bond acceptors (Lipinski definition) is 8. The first kappa shape index (κ1) is 26.7. The van der Waals surface area contributed by atoms with E-state index in [0.29, 0.717) is 28.2 Å². The van der Waals surface area contributed by atoms with Crippen LogP contribution in [0, 0.1) is 11.6 Å². The van der Waals surface area contributed by atoms with Gasteiger partial charge in [0.25, 0.3) is 10.0 Å². The number of sulfonamides is 1. The lowest BCUT2D eigenvalue weighted by atomic mass is 10.1. The van der Waals surface area contributed by atoms with E-state index in [9.17, 15) is 17.2 Å². The van der Waals surface area contributed by atoms with Gasteiger partial charge in [0.15, 0.2) is 0 Å². The molecule has 1 saturated heterocycles. The van der Waals surface area contributed by atoms with Crippen LogP contribution in [-0.4, -0.2) is 64.6 Å². The molecule has 4 heterocycles. The van der Waals surface area contributed by atoms with Gasteiger partial charge in [0.05, 0.1) is 29.1 Å². The molecule has 10 nitrogen and oxygen atoms in total. The monoisotopic (exact) mass is 576 g/mol. The fourth-order valence-electron chi connectivity index (χ4n) is 4.87. The molecule has 2 N–H and O–H groups in total. The van der Waals surface area contributed by atoms with Gasteiger partial charge in [0, 0.05) is 68.0 Å². The van der Waals surface area contributed by atoms with Crippen LogP contribution >= 0.6 is 0 Å². The normalized spacial score (nSPS) is 15.2. The number of aromatic nitrogens is 5. The molecule has 0 spiro atoms. The predicted molar refractivity (Wildman–Crippen MR) is 151 cm³/mol. The highest BCUT2D eigenvalue weighted by atomic mass is 32.2. The average Bonchev–Trinajstić information content (AvgIpc) is 3.53. The fraction of sp³-hybridized carbons (Fsp3) is 0.214. The molecule has 3 aromatic heterocycles. The standard InChI is InChI=1S/C28H26F2N8O2S/c1-18(21-14-33-34-15-21)37-6-8-38(9-7-37)28-17-32-26-4-2-19(11-27(26)35-28)20-10-23(16-31-13-20)41(39,40)36-25-5-3-22(29)12-24(25)30/h2-5,10-18,36H,6-9H2,1H3,(H,33,34). The van der Waals surface area contributed by atoms with Gasteiger partial charge in [-0.05, 0) is 42.8 Å². The predicted octanol–water partition coefficient (Wildman–Crippen LogP) is 4.38. The van der Waals surface area contributed by atoms with Crippen molar-refractivity contribution in [2.24, 2.45) is 0 Å². The second kappa shape index (κ2) is 10.8. The van der Waals surface area contributed by atoms with Gasteiger partial charge in [-0.1, -0.05) is 6.07 Å². The van der Waals surface area contributed by atoms with E-state index in [4.69, 9.17) is 4.98 Å². The van der Waals surface area contributed by atoms with Gasteiger partial charge < -0.3 is 4.90 Å². The molecule has 0 bridgehead atoms. The van der Waals surface area contributed by atoms with E-state index in [2.05, 4.69) is 41.6 Å². The number of pyridine rings is 1. The average molecular weight is 577 g/mol. The lowest BCUT2D eigenvalue weighted by Crippen LogP contribution is -2.47. The summed E-state index contributed by atoms with van der Waals surface area (Å²) in [5.41, 5.74) is 3.39. The van der Waals surface area contributed by atoms with Crippen molar-refractivity contribution in [2.45, 2.75) is 17.9 Å². The summed E-state index contributed by atoms with van der Waals surface area (Å²) in [6.45, 7) is 5.51. The van der Waals surface area contributed by atoms with Crippen LogP contribution in [0.25, 0.3) is 22.2 Å². The molecule has 6 rings (SSSR count). The molecule has 1 unspecified atom stereocenters. The molecule has 0 radical (unpaired) electrons. The van der Waals surface area contributed by atoms with Crippen LogP contribution in [-0.2, 0) is 10.0 Å². The third-order valence-corrected chi connectivity index (χ3v) is 8.58. The molecule has 0 amide bonds. The zero-order valence-corrected chi connectivity index (χ0v) is 22.8. The van der Waals surface area contributed by atoms with Crippen molar-refractivity contribution in [1.29, 1.82) is 0 Å². The number of halogens is 2. The molecule has 1 fully saturated rings. The first-order valence-electron chi connectivity index (χ1n) is 12.9. The molecule has 210 valence electrons. The topological polar surface area (TPSA) is 120 Å². The smallest absolute Gasteiger partial charge is 0.263 e. The highest BCUT2D eigenvalue weighted by Crippen LogP contribution is 2.28. The van der Waals surface area contributed by atoms with Crippen molar-refractivity contribution in [3.05, 3.63) is 90.6 Å². The summed E-state index contributed by atoms with van der Waals surface area (Å²) in [5, 5.41) is 6.93. The van der Waals surface area contributed by atoms with Crippen LogP contribution in [0.3, 0.4) is 0 Å². The van der Waals surface area contributed by atoms with E-state index >= 15 is 0 Å². The van der Waals surface area contributed by atoms with Gasteiger partial charge in [-0.3, -0.25) is 24.7 Å². The van der Waals surface area contributed by atoms with Gasteiger partial charge in [0.2, 0.25) is 0 Å². The summed E-state index contributed by atoms with van der Waals surface area (Å²) in [6.07, 6.45) is 8.25. The van der Waals surface area contributed by atoms with E-state index in [-0.39, 0.29) is 16.6 Å². The largest absolute Gasteiger partial charge is 0.353 e. The molecule has 0 aliphatic carbocycles. The molecular weight excluding hydrogens is 550 g/mol. The Bertz CT molecular complexity index is 1810. The van der Waals surface area contributed by atoms with Crippen molar-refractivity contribution >= 4 is 32.6 Å².